The number of carbonyl (C=O) groups is 1. The van der Waals surface area contributed by atoms with Crippen molar-refractivity contribution in [2.75, 3.05) is 5.32 Å². The number of benzene rings is 2. The lowest BCUT2D eigenvalue weighted by Gasteiger charge is -2.12. The number of halogens is 2. The monoisotopic (exact) mass is 325 g/mol. The van der Waals surface area contributed by atoms with E-state index in [1.807, 2.05) is 12.1 Å². The van der Waals surface area contributed by atoms with E-state index in [1.165, 1.54) is 6.07 Å². The van der Waals surface area contributed by atoms with Crippen molar-refractivity contribution in [2.24, 2.45) is 0 Å². The molecule has 5 heteroatoms. The summed E-state index contributed by atoms with van der Waals surface area (Å²) in [5, 5.41) is 12.7. The molecular formula is C13H9BrClNO2. The Kier molecular flexibility index (Phi) is 3.89. The lowest BCUT2D eigenvalue weighted by atomic mass is 10.1. The molecule has 0 amide bonds. The molecule has 0 radical (unpaired) electrons. The van der Waals surface area contributed by atoms with Crippen LogP contribution in [0.25, 0.3) is 0 Å². The van der Waals surface area contributed by atoms with Crippen molar-refractivity contribution in [2.45, 2.75) is 0 Å². The fourth-order valence-electron chi connectivity index (χ4n) is 1.53. The summed E-state index contributed by atoms with van der Waals surface area (Å²) in [6.07, 6.45) is 0. The fraction of sp³-hybridized carbons (Fsp3) is 0. The van der Waals surface area contributed by atoms with Crippen molar-refractivity contribution in [3.63, 3.8) is 0 Å². The van der Waals surface area contributed by atoms with Crippen LogP contribution in [0, 0.1) is 0 Å². The molecular weight excluding hydrogens is 318 g/mol. The van der Waals surface area contributed by atoms with Gasteiger partial charge >= 0.3 is 5.97 Å². The SMILES string of the molecule is O=C(O)c1cccc(Br)c1Nc1ccccc1Cl. The van der Waals surface area contributed by atoms with Crippen LogP contribution >= 0.6 is 27.5 Å². The van der Waals surface area contributed by atoms with Gasteiger partial charge < -0.3 is 10.4 Å². The molecule has 0 unspecified atom stereocenters. The number of hydrogen-bond donors (Lipinski definition) is 2. The minimum Gasteiger partial charge on any atom is -0.478 e. The quantitative estimate of drug-likeness (QED) is 0.870. The third kappa shape index (κ3) is 2.66. The van der Waals surface area contributed by atoms with Crippen LogP contribution in [-0.4, -0.2) is 11.1 Å². The summed E-state index contributed by atoms with van der Waals surface area (Å²) >= 11 is 9.36. The molecule has 0 spiro atoms. The Bertz CT molecular complexity index is 601. The minimum absolute atomic E-state index is 0.185. The van der Waals surface area contributed by atoms with Crippen molar-refractivity contribution >= 4 is 44.9 Å². The van der Waals surface area contributed by atoms with E-state index in [0.29, 0.717) is 20.9 Å². The van der Waals surface area contributed by atoms with Crippen molar-refractivity contribution < 1.29 is 9.90 Å². The zero-order valence-electron chi connectivity index (χ0n) is 9.15. The van der Waals surface area contributed by atoms with E-state index in [9.17, 15) is 4.79 Å². The molecule has 0 bridgehead atoms. The summed E-state index contributed by atoms with van der Waals surface area (Å²) in [6, 6.07) is 12.1. The van der Waals surface area contributed by atoms with Gasteiger partial charge in [0.25, 0.3) is 0 Å². The van der Waals surface area contributed by atoms with Gasteiger partial charge in [-0.3, -0.25) is 0 Å². The molecule has 0 atom stereocenters. The smallest absolute Gasteiger partial charge is 0.337 e. The van der Waals surface area contributed by atoms with Crippen LogP contribution < -0.4 is 5.32 Å². The third-order valence-corrected chi connectivity index (χ3v) is 3.37. The lowest BCUT2D eigenvalue weighted by molar-refractivity contribution is 0.0698. The standard InChI is InChI=1S/C13H9BrClNO2/c14-9-5-3-4-8(13(17)18)12(9)16-11-7-2-1-6-10(11)15/h1-7,16H,(H,17,18). The predicted octanol–water partition coefficient (Wildman–Crippen LogP) is 4.54. The molecule has 3 nitrogen and oxygen atoms in total. The van der Waals surface area contributed by atoms with E-state index in [0.717, 1.165) is 0 Å². The second kappa shape index (κ2) is 5.42. The first-order valence-electron chi connectivity index (χ1n) is 5.13. The van der Waals surface area contributed by atoms with Gasteiger partial charge in [-0.2, -0.15) is 0 Å². The minimum atomic E-state index is -0.995. The van der Waals surface area contributed by atoms with E-state index in [2.05, 4.69) is 21.2 Å². The summed E-state index contributed by atoms with van der Waals surface area (Å²) in [4.78, 5) is 11.2. The number of nitrogens with one attached hydrogen (secondary N) is 1. The number of para-hydroxylation sites is 2. The van der Waals surface area contributed by atoms with Gasteiger partial charge in [0.1, 0.15) is 0 Å². The first-order valence-corrected chi connectivity index (χ1v) is 6.30. The Labute approximate surface area is 118 Å². The lowest BCUT2D eigenvalue weighted by Crippen LogP contribution is -2.03. The molecule has 0 heterocycles. The first-order chi connectivity index (χ1) is 8.59. The summed E-state index contributed by atoms with van der Waals surface area (Å²) in [6.45, 7) is 0. The number of aromatic carboxylic acids is 1. The maximum atomic E-state index is 11.2. The second-order valence-electron chi connectivity index (χ2n) is 3.57. The summed E-state index contributed by atoms with van der Waals surface area (Å²) < 4.78 is 0.669. The van der Waals surface area contributed by atoms with Gasteiger partial charge in [-0.1, -0.05) is 29.8 Å². The number of anilines is 2. The van der Waals surface area contributed by atoms with Crippen LogP contribution in [-0.2, 0) is 0 Å². The molecule has 2 rings (SSSR count). The molecule has 92 valence electrons. The Morgan fingerprint density at radius 1 is 1.17 bits per heavy atom. The van der Waals surface area contributed by atoms with E-state index < -0.39 is 5.97 Å². The van der Waals surface area contributed by atoms with E-state index in [-0.39, 0.29) is 5.56 Å². The van der Waals surface area contributed by atoms with Gasteiger partial charge in [-0.05, 0) is 40.2 Å². The summed E-state index contributed by atoms with van der Waals surface area (Å²) in [5.74, 6) is -0.995. The topological polar surface area (TPSA) is 49.3 Å². The Morgan fingerprint density at radius 3 is 2.56 bits per heavy atom. The maximum Gasteiger partial charge on any atom is 0.337 e. The average molecular weight is 327 g/mol. The summed E-state index contributed by atoms with van der Waals surface area (Å²) in [7, 11) is 0. The first kappa shape index (κ1) is 12.9. The highest BCUT2D eigenvalue weighted by Crippen LogP contribution is 2.32. The Balaban J connectivity index is 2.46. The molecule has 0 aliphatic carbocycles. The van der Waals surface area contributed by atoms with E-state index in [1.54, 1.807) is 24.3 Å². The van der Waals surface area contributed by atoms with E-state index >= 15 is 0 Å². The van der Waals surface area contributed by atoms with Crippen molar-refractivity contribution in [1.29, 1.82) is 0 Å². The van der Waals surface area contributed by atoms with Gasteiger partial charge in [-0.15, -0.1) is 0 Å². The van der Waals surface area contributed by atoms with Crippen LogP contribution in [0.2, 0.25) is 5.02 Å². The third-order valence-electron chi connectivity index (χ3n) is 2.38. The molecule has 2 aromatic carbocycles. The zero-order valence-corrected chi connectivity index (χ0v) is 11.5. The van der Waals surface area contributed by atoms with Crippen molar-refractivity contribution in [3.8, 4) is 0 Å². The second-order valence-corrected chi connectivity index (χ2v) is 4.83. The molecule has 0 aromatic heterocycles. The van der Waals surface area contributed by atoms with Gasteiger partial charge in [0.2, 0.25) is 0 Å². The highest BCUT2D eigenvalue weighted by atomic mass is 79.9. The molecule has 0 saturated carbocycles. The number of hydrogen-bond acceptors (Lipinski definition) is 2. The normalized spacial score (nSPS) is 10.1. The van der Waals surface area contributed by atoms with Crippen LogP contribution in [0.3, 0.4) is 0 Å². The molecule has 18 heavy (non-hydrogen) atoms. The molecule has 2 N–H and O–H groups in total. The average Bonchev–Trinajstić information content (AvgIpc) is 2.34. The van der Waals surface area contributed by atoms with Gasteiger partial charge in [0.15, 0.2) is 0 Å². The number of carboxylic acid groups (broad SMARTS) is 1. The Morgan fingerprint density at radius 2 is 1.89 bits per heavy atom. The Hall–Kier alpha value is -1.52. The zero-order chi connectivity index (χ0) is 13.1. The molecule has 0 saturated heterocycles. The maximum absolute atomic E-state index is 11.2. The molecule has 0 aliphatic heterocycles. The van der Waals surface area contributed by atoms with Crippen LogP contribution in [0.15, 0.2) is 46.9 Å². The molecule has 0 aliphatic rings. The van der Waals surface area contributed by atoms with Crippen molar-refractivity contribution in [3.05, 3.63) is 57.5 Å². The van der Waals surface area contributed by atoms with E-state index in [4.69, 9.17) is 16.7 Å². The number of carboxylic acids is 1. The van der Waals surface area contributed by atoms with Crippen molar-refractivity contribution in [1.82, 2.24) is 0 Å². The summed E-state index contributed by atoms with van der Waals surface area (Å²) in [5.41, 5.74) is 1.33. The van der Waals surface area contributed by atoms with Crippen LogP contribution in [0.4, 0.5) is 11.4 Å². The molecule has 0 fully saturated rings. The van der Waals surface area contributed by atoms with Gasteiger partial charge in [0.05, 0.1) is 22.0 Å². The fourth-order valence-corrected chi connectivity index (χ4v) is 2.17. The van der Waals surface area contributed by atoms with Crippen LogP contribution in [0.5, 0.6) is 0 Å². The largest absolute Gasteiger partial charge is 0.478 e. The van der Waals surface area contributed by atoms with Gasteiger partial charge in [0, 0.05) is 4.47 Å². The predicted molar refractivity (Wildman–Crippen MR) is 75.8 cm³/mol. The highest BCUT2D eigenvalue weighted by Gasteiger charge is 2.13. The van der Waals surface area contributed by atoms with Crippen LogP contribution in [0.1, 0.15) is 10.4 Å². The number of rotatable bonds is 3. The highest BCUT2D eigenvalue weighted by molar-refractivity contribution is 9.10. The molecule has 2 aromatic rings. The van der Waals surface area contributed by atoms with Gasteiger partial charge in [-0.25, -0.2) is 4.79 Å².